The minimum atomic E-state index is -3.34. The van der Waals surface area contributed by atoms with Crippen molar-refractivity contribution in [2.75, 3.05) is 11.0 Å². The fourth-order valence-electron chi connectivity index (χ4n) is 1.88. The molecule has 5 nitrogen and oxygen atoms in total. The fraction of sp³-hybridized carbons (Fsp3) is 0.133. The van der Waals surface area contributed by atoms with E-state index in [0.29, 0.717) is 21.3 Å². The first-order chi connectivity index (χ1) is 10.7. The van der Waals surface area contributed by atoms with Crippen molar-refractivity contribution in [2.45, 2.75) is 6.54 Å². The van der Waals surface area contributed by atoms with Gasteiger partial charge < -0.3 is 5.32 Å². The molecule has 0 fully saturated rings. The van der Waals surface area contributed by atoms with Crippen LogP contribution in [-0.4, -0.2) is 20.6 Å². The molecule has 122 valence electrons. The van der Waals surface area contributed by atoms with Gasteiger partial charge in [-0.15, -0.1) is 0 Å². The molecule has 0 spiro atoms. The van der Waals surface area contributed by atoms with Crippen molar-refractivity contribution in [2.24, 2.45) is 0 Å². The first-order valence-electron chi connectivity index (χ1n) is 6.54. The van der Waals surface area contributed by atoms with E-state index in [2.05, 4.69) is 10.0 Å². The van der Waals surface area contributed by atoms with Crippen LogP contribution in [0.1, 0.15) is 15.9 Å². The molecule has 0 aromatic heterocycles. The van der Waals surface area contributed by atoms with Crippen LogP contribution in [0.2, 0.25) is 10.0 Å². The van der Waals surface area contributed by atoms with Gasteiger partial charge in [-0.3, -0.25) is 9.52 Å². The summed E-state index contributed by atoms with van der Waals surface area (Å²) < 4.78 is 24.8. The van der Waals surface area contributed by atoms with Crippen LogP contribution in [0, 0.1) is 0 Å². The van der Waals surface area contributed by atoms with Crippen LogP contribution in [0.5, 0.6) is 0 Å². The van der Waals surface area contributed by atoms with Crippen LogP contribution in [0.4, 0.5) is 5.69 Å². The van der Waals surface area contributed by atoms with E-state index in [-0.39, 0.29) is 12.5 Å². The Kier molecular flexibility index (Phi) is 5.51. The summed E-state index contributed by atoms with van der Waals surface area (Å²) in [5.74, 6) is -0.301. The number of hydrogen-bond donors (Lipinski definition) is 2. The highest BCUT2D eigenvalue weighted by molar-refractivity contribution is 7.92. The topological polar surface area (TPSA) is 75.3 Å². The van der Waals surface area contributed by atoms with Crippen molar-refractivity contribution >= 4 is 44.8 Å². The monoisotopic (exact) mass is 372 g/mol. The highest BCUT2D eigenvalue weighted by Gasteiger charge is 2.08. The van der Waals surface area contributed by atoms with E-state index in [0.717, 1.165) is 11.8 Å². The van der Waals surface area contributed by atoms with Gasteiger partial charge in [0.25, 0.3) is 5.91 Å². The second kappa shape index (κ2) is 7.21. The van der Waals surface area contributed by atoms with E-state index < -0.39 is 10.0 Å². The van der Waals surface area contributed by atoms with Gasteiger partial charge in [0.2, 0.25) is 10.0 Å². The summed E-state index contributed by atoms with van der Waals surface area (Å²) in [5, 5.41) is 3.42. The number of amides is 1. The molecule has 0 unspecified atom stereocenters. The molecule has 8 heteroatoms. The van der Waals surface area contributed by atoms with Gasteiger partial charge >= 0.3 is 0 Å². The number of carbonyl (C=O) groups is 1. The standard InChI is InChI=1S/C15H14Cl2N2O3S/c1-23(21,22)19-12-4-2-3-10(7-12)9-18-15(20)11-5-6-13(16)14(17)8-11/h2-8,19H,9H2,1H3,(H,18,20). The maximum atomic E-state index is 12.1. The summed E-state index contributed by atoms with van der Waals surface area (Å²) in [6.07, 6.45) is 1.08. The Morgan fingerprint density at radius 1 is 1.09 bits per heavy atom. The molecule has 0 saturated carbocycles. The van der Waals surface area contributed by atoms with Gasteiger partial charge in [-0.2, -0.15) is 0 Å². The maximum absolute atomic E-state index is 12.1. The number of carbonyl (C=O) groups excluding carboxylic acids is 1. The molecule has 0 aliphatic carbocycles. The Morgan fingerprint density at radius 2 is 1.83 bits per heavy atom. The number of halogens is 2. The summed E-state index contributed by atoms with van der Waals surface area (Å²) in [6, 6.07) is 11.4. The van der Waals surface area contributed by atoms with E-state index in [1.165, 1.54) is 6.07 Å². The summed E-state index contributed by atoms with van der Waals surface area (Å²) in [4.78, 5) is 12.1. The highest BCUT2D eigenvalue weighted by Crippen LogP contribution is 2.22. The lowest BCUT2D eigenvalue weighted by Crippen LogP contribution is -2.22. The van der Waals surface area contributed by atoms with Crippen molar-refractivity contribution in [3.8, 4) is 0 Å². The Morgan fingerprint density at radius 3 is 2.48 bits per heavy atom. The molecule has 2 aromatic carbocycles. The fourth-order valence-corrected chi connectivity index (χ4v) is 2.73. The largest absolute Gasteiger partial charge is 0.348 e. The normalized spacial score (nSPS) is 11.1. The van der Waals surface area contributed by atoms with Crippen molar-refractivity contribution in [3.63, 3.8) is 0 Å². The quantitative estimate of drug-likeness (QED) is 0.845. The second-order valence-electron chi connectivity index (χ2n) is 4.89. The van der Waals surface area contributed by atoms with Crippen molar-refractivity contribution < 1.29 is 13.2 Å². The number of sulfonamides is 1. The van der Waals surface area contributed by atoms with Gasteiger partial charge in [0, 0.05) is 17.8 Å². The molecule has 2 aromatic rings. The van der Waals surface area contributed by atoms with Crippen LogP contribution in [0.15, 0.2) is 42.5 Å². The average Bonchev–Trinajstić information content (AvgIpc) is 2.46. The summed E-state index contributed by atoms with van der Waals surface area (Å²) in [6.45, 7) is 0.248. The predicted octanol–water partition coefficient (Wildman–Crippen LogP) is 3.29. The summed E-state index contributed by atoms with van der Waals surface area (Å²) >= 11 is 11.7. The van der Waals surface area contributed by atoms with Gasteiger partial charge in [-0.25, -0.2) is 8.42 Å². The van der Waals surface area contributed by atoms with Crippen molar-refractivity contribution in [1.82, 2.24) is 5.32 Å². The first-order valence-corrected chi connectivity index (χ1v) is 9.19. The van der Waals surface area contributed by atoms with E-state index >= 15 is 0 Å². The van der Waals surface area contributed by atoms with Gasteiger partial charge in [0.15, 0.2) is 0 Å². The molecule has 2 N–H and O–H groups in total. The van der Waals surface area contributed by atoms with Crippen molar-refractivity contribution in [1.29, 1.82) is 0 Å². The zero-order valence-corrected chi connectivity index (χ0v) is 14.5. The molecule has 0 atom stereocenters. The second-order valence-corrected chi connectivity index (χ2v) is 7.45. The molecule has 0 bridgehead atoms. The van der Waals surface area contributed by atoms with Gasteiger partial charge in [0.05, 0.1) is 16.3 Å². The third kappa shape index (κ3) is 5.42. The predicted molar refractivity (Wildman–Crippen MR) is 92.5 cm³/mol. The molecular weight excluding hydrogens is 359 g/mol. The molecule has 0 radical (unpaired) electrons. The number of nitrogens with one attached hydrogen (secondary N) is 2. The van der Waals surface area contributed by atoms with Crippen LogP contribution in [0.25, 0.3) is 0 Å². The molecule has 1 amide bonds. The highest BCUT2D eigenvalue weighted by atomic mass is 35.5. The maximum Gasteiger partial charge on any atom is 0.251 e. The molecule has 0 heterocycles. The molecule has 23 heavy (non-hydrogen) atoms. The van der Waals surface area contributed by atoms with Gasteiger partial charge in [0.1, 0.15) is 0 Å². The third-order valence-electron chi connectivity index (χ3n) is 2.87. The number of rotatable bonds is 5. The zero-order valence-electron chi connectivity index (χ0n) is 12.1. The molecule has 0 saturated heterocycles. The number of benzene rings is 2. The Hall–Kier alpha value is -1.76. The molecule has 0 aliphatic rings. The summed E-state index contributed by atoms with van der Waals surface area (Å²) in [7, 11) is -3.34. The Labute approximate surface area is 144 Å². The van der Waals surface area contributed by atoms with E-state index in [1.54, 1.807) is 36.4 Å². The molecular formula is C15H14Cl2N2O3S. The third-order valence-corrected chi connectivity index (χ3v) is 4.21. The van der Waals surface area contributed by atoms with E-state index in [9.17, 15) is 13.2 Å². The Balaban J connectivity index is 2.04. The minimum absolute atomic E-state index is 0.248. The lowest BCUT2D eigenvalue weighted by Gasteiger charge is -2.09. The van der Waals surface area contributed by atoms with Crippen molar-refractivity contribution in [3.05, 3.63) is 63.6 Å². The van der Waals surface area contributed by atoms with E-state index in [1.807, 2.05) is 0 Å². The average molecular weight is 373 g/mol. The van der Waals surface area contributed by atoms with Gasteiger partial charge in [-0.05, 0) is 35.9 Å². The SMILES string of the molecule is CS(=O)(=O)Nc1cccc(CNC(=O)c2ccc(Cl)c(Cl)c2)c1. The van der Waals surface area contributed by atoms with Crippen LogP contribution in [-0.2, 0) is 16.6 Å². The number of anilines is 1. The van der Waals surface area contributed by atoms with Crippen LogP contribution < -0.4 is 10.0 Å². The Bertz CT molecular complexity index is 838. The lowest BCUT2D eigenvalue weighted by atomic mass is 10.2. The van der Waals surface area contributed by atoms with Crippen LogP contribution >= 0.6 is 23.2 Å². The zero-order chi connectivity index (χ0) is 17.0. The number of hydrogen-bond acceptors (Lipinski definition) is 3. The molecule has 2 rings (SSSR count). The molecule has 0 aliphatic heterocycles. The first kappa shape index (κ1) is 17.6. The van der Waals surface area contributed by atoms with Crippen LogP contribution in [0.3, 0.4) is 0 Å². The lowest BCUT2D eigenvalue weighted by molar-refractivity contribution is 0.0951. The van der Waals surface area contributed by atoms with E-state index in [4.69, 9.17) is 23.2 Å². The minimum Gasteiger partial charge on any atom is -0.348 e. The smallest absolute Gasteiger partial charge is 0.251 e. The summed E-state index contributed by atoms with van der Waals surface area (Å²) in [5.41, 5.74) is 1.59. The van der Waals surface area contributed by atoms with Gasteiger partial charge in [-0.1, -0.05) is 35.3 Å².